The smallest absolute Gasteiger partial charge is 0.265 e. The zero-order valence-electron chi connectivity index (χ0n) is 19.6. The summed E-state index contributed by atoms with van der Waals surface area (Å²) >= 11 is 0. The van der Waals surface area contributed by atoms with Crippen LogP contribution in [0.3, 0.4) is 0 Å². The van der Waals surface area contributed by atoms with Gasteiger partial charge in [0.2, 0.25) is 17.5 Å². The van der Waals surface area contributed by atoms with E-state index in [1.807, 2.05) is 0 Å². The molecule has 35 heavy (non-hydrogen) atoms. The summed E-state index contributed by atoms with van der Waals surface area (Å²) in [5.41, 5.74) is -2.73. The molecule has 1 aromatic carbocycles. The maximum Gasteiger partial charge on any atom is 0.265 e. The molecule has 0 unspecified atom stereocenters. The third kappa shape index (κ3) is 4.92. The number of Topliss-reactive ketones (excluding diaryl/α,β-unsaturated/α-hetero) is 1. The predicted molar refractivity (Wildman–Crippen MR) is 120 cm³/mol. The molecule has 1 aliphatic carbocycles. The van der Waals surface area contributed by atoms with Gasteiger partial charge in [-0.15, -0.1) is 0 Å². The quantitative estimate of drug-likeness (QED) is 0.581. The highest BCUT2D eigenvalue weighted by molar-refractivity contribution is 5.96. The molecule has 3 aliphatic rings. The summed E-state index contributed by atoms with van der Waals surface area (Å²) in [7, 11) is 0. The summed E-state index contributed by atoms with van der Waals surface area (Å²) in [6, 6.07) is 2.46. The number of ketones is 1. The first-order valence-electron chi connectivity index (χ1n) is 12.1. The molecule has 3 fully saturated rings. The van der Waals surface area contributed by atoms with E-state index < -0.39 is 53.8 Å². The van der Waals surface area contributed by atoms with E-state index in [1.54, 1.807) is 0 Å². The van der Waals surface area contributed by atoms with E-state index in [1.165, 1.54) is 17.0 Å². The van der Waals surface area contributed by atoms with Gasteiger partial charge < -0.3 is 15.5 Å². The van der Waals surface area contributed by atoms with Crippen LogP contribution in [0.2, 0.25) is 0 Å². The summed E-state index contributed by atoms with van der Waals surface area (Å²) in [5, 5.41) is 5.22. The number of nitrogens with zero attached hydrogens (tertiary/aromatic N) is 1. The molecule has 0 spiro atoms. The summed E-state index contributed by atoms with van der Waals surface area (Å²) in [6.07, 6.45) is 2.71. The second-order valence-electron chi connectivity index (χ2n) is 9.94. The lowest BCUT2D eigenvalue weighted by molar-refractivity contribution is -0.149. The Hall–Kier alpha value is -2.91. The van der Waals surface area contributed by atoms with Gasteiger partial charge in [0, 0.05) is 24.6 Å². The number of alkyl halides is 2. The van der Waals surface area contributed by atoms with Gasteiger partial charge in [-0.25, -0.2) is 13.2 Å². The third-order valence-corrected chi connectivity index (χ3v) is 7.71. The molecule has 3 amide bonds. The van der Waals surface area contributed by atoms with Crippen LogP contribution < -0.4 is 10.6 Å². The SMILES string of the molecule is C[C@](F)(C(=O)N1C[C@H]2CCC[C@H]2[C@@H]1C(=O)N[C@H](C[C@@H]1CCNC1=O)C(=O)CF)c1cccc(F)c1. The minimum Gasteiger partial charge on any atom is -0.356 e. The normalized spacial score (nSPS) is 28.2. The third-order valence-electron chi connectivity index (χ3n) is 7.71. The molecule has 4 rings (SSSR count). The molecule has 2 N–H and O–H groups in total. The fraction of sp³-hybridized carbons (Fsp3) is 0.600. The molecule has 2 aliphatic heterocycles. The number of amides is 3. The van der Waals surface area contributed by atoms with Crippen molar-refractivity contribution < 1.29 is 32.3 Å². The van der Waals surface area contributed by atoms with Gasteiger partial charge in [-0.2, -0.15) is 0 Å². The van der Waals surface area contributed by atoms with Crippen molar-refractivity contribution in [2.24, 2.45) is 17.8 Å². The van der Waals surface area contributed by atoms with E-state index in [2.05, 4.69) is 10.6 Å². The molecule has 2 saturated heterocycles. The van der Waals surface area contributed by atoms with Gasteiger partial charge in [-0.3, -0.25) is 19.2 Å². The number of hydrogen-bond acceptors (Lipinski definition) is 4. The van der Waals surface area contributed by atoms with E-state index in [-0.39, 0.29) is 36.3 Å². The summed E-state index contributed by atoms with van der Waals surface area (Å²) in [4.78, 5) is 52.3. The Labute approximate surface area is 201 Å². The first-order valence-corrected chi connectivity index (χ1v) is 12.1. The molecule has 1 saturated carbocycles. The zero-order chi connectivity index (χ0) is 25.3. The number of carbonyl (C=O) groups excluding carboxylic acids is 4. The van der Waals surface area contributed by atoms with E-state index in [4.69, 9.17) is 0 Å². The van der Waals surface area contributed by atoms with Crippen LogP contribution in [0, 0.1) is 23.6 Å². The molecular formula is C25H30F3N3O4. The highest BCUT2D eigenvalue weighted by atomic mass is 19.1. The Balaban J connectivity index is 1.57. The van der Waals surface area contributed by atoms with Gasteiger partial charge in [0.1, 0.15) is 18.5 Å². The minimum absolute atomic E-state index is 0.00561. The van der Waals surface area contributed by atoms with Gasteiger partial charge in [0.15, 0.2) is 5.78 Å². The van der Waals surface area contributed by atoms with E-state index in [9.17, 15) is 28.0 Å². The Morgan fingerprint density at radius 1 is 1.26 bits per heavy atom. The van der Waals surface area contributed by atoms with Crippen LogP contribution in [0.1, 0.15) is 44.6 Å². The number of hydrogen-bond donors (Lipinski definition) is 2. The Morgan fingerprint density at radius 2 is 2.03 bits per heavy atom. The average Bonchev–Trinajstić information content (AvgIpc) is 3.53. The van der Waals surface area contributed by atoms with Crippen molar-refractivity contribution in [1.29, 1.82) is 0 Å². The molecule has 7 nitrogen and oxygen atoms in total. The van der Waals surface area contributed by atoms with Gasteiger partial charge in [0.05, 0.1) is 6.04 Å². The molecular weight excluding hydrogens is 463 g/mol. The molecule has 6 atom stereocenters. The average molecular weight is 494 g/mol. The number of likely N-dealkylation sites (tertiary alicyclic amines) is 1. The molecule has 1 aromatic rings. The van der Waals surface area contributed by atoms with E-state index in [0.29, 0.717) is 19.4 Å². The Kier molecular flexibility index (Phi) is 7.19. The van der Waals surface area contributed by atoms with Crippen molar-refractivity contribution in [3.8, 4) is 0 Å². The lowest BCUT2D eigenvalue weighted by Gasteiger charge is -2.33. The predicted octanol–water partition coefficient (Wildman–Crippen LogP) is 2.19. The van der Waals surface area contributed by atoms with Gasteiger partial charge in [-0.1, -0.05) is 18.6 Å². The van der Waals surface area contributed by atoms with Crippen molar-refractivity contribution in [3.05, 3.63) is 35.6 Å². The highest BCUT2D eigenvalue weighted by Crippen LogP contribution is 2.44. The fourth-order valence-electron chi connectivity index (χ4n) is 5.80. The fourth-order valence-corrected chi connectivity index (χ4v) is 5.80. The van der Waals surface area contributed by atoms with Crippen LogP contribution >= 0.6 is 0 Å². The number of nitrogens with one attached hydrogen (secondary N) is 2. The van der Waals surface area contributed by atoms with Crippen LogP contribution in [0.5, 0.6) is 0 Å². The monoisotopic (exact) mass is 493 g/mol. The highest BCUT2D eigenvalue weighted by Gasteiger charge is 2.53. The first kappa shape index (κ1) is 25.2. The molecule has 0 bridgehead atoms. The van der Waals surface area contributed by atoms with Gasteiger partial charge in [-0.05, 0) is 56.6 Å². The van der Waals surface area contributed by atoms with E-state index >= 15 is 4.39 Å². The van der Waals surface area contributed by atoms with Crippen LogP contribution in [0.4, 0.5) is 13.2 Å². The Bertz CT molecular complexity index is 1020. The number of fused-ring (bicyclic) bond motifs is 1. The summed E-state index contributed by atoms with van der Waals surface area (Å²) < 4.78 is 42.8. The maximum absolute atomic E-state index is 15.8. The second-order valence-corrected chi connectivity index (χ2v) is 9.94. The molecule has 0 aromatic heterocycles. The van der Waals surface area contributed by atoms with Gasteiger partial charge in [0.25, 0.3) is 5.91 Å². The van der Waals surface area contributed by atoms with Gasteiger partial charge >= 0.3 is 0 Å². The molecule has 190 valence electrons. The number of rotatable bonds is 8. The topological polar surface area (TPSA) is 95.6 Å². The lowest BCUT2D eigenvalue weighted by atomic mass is 9.91. The van der Waals surface area contributed by atoms with Crippen molar-refractivity contribution in [2.75, 3.05) is 19.8 Å². The van der Waals surface area contributed by atoms with Crippen molar-refractivity contribution >= 4 is 23.5 Å². The zero-order valence-corrected chi connectivity index (χ0v) is 19.6. The van der Waals surface area contributed by atoms with Crippen LogP contribution in [0.25, 0.3) is 0 Å². The molecule has 10 heteroatoms. The van der Waals surface area contributed by atoms with Crippen molar-refractivity contribution in [2.45, 2.75) is 56.8 Å². The lowest BCUT2D eigenvalue weighted by Crippen LogP contribution is -2.55. The number of halogens is 3. The minimum atomic E-state index is -2.57. The molecule has 2 heterocycles. The summed E-state index contributed by atoms with van der Waals surface area (Å²) in [5.74, 6) is -4.17. The van der Waals surface area contributed by atoms with Crippen molar-refractivity contribution in [3.63, 3.8) is 0 Å². The number of carbonyl (C=O) groups is 4. The number of benzene rings is 1. The summed E-state index contributed by atoms with van der Waals surface area (Å²) in [6.45, 7) is 0.350. The maximum atomic E-state index is 15.8. The van der Waals surface area contributed by atoms with Crippen LogP contribution in [0.15, 0.2) is 24.3 Å². The van der Waals surface area contributed by atoms with Crippen LogP contribution in [-0.4, -0.2) is 60.3 Å². The van der Waals surface area contributed by atoms with Crippen LogP contribution in [-0.2, 0) is 24.8 Å². The first-order chi connectivity index (χ1) is 16.6. The largest absolute Gasteiger partial charge is 0.356 e. The molecule has 0 radical (unpaired) electrons. The Morgan fingerprint density at radius 3 is 2.69 bits per heavy atom. The second kappa shape index (κ2) is 9.99. The van der Waals surface area contributed by atoms with Crippen molar-refractivity contribution in [1.82, 2.24) is 15.5 Å². The standard InChI is InChI=1S/C25H30F3N3O4/c1-25(28,16-5-3-6-17(27)11-16)24(35)31-13-15-4-2-7-18(15)21(31)23(34)30-19(20(32)12-26)10-14-8-9-29-22(14)33/h3,5-6,11,14-15,18-19,21H,2,4,7-10,12-13H2,1H3,(H,29,33)(H,30,34)/t14-,15+,18+,19+,21+,25+/m0/s1. The van der Waals surface area contributed by atoms with E-state index in [0.717, 1.165) is 31.9 Å².